The van der Waals surface area contributed by atoms with E-state index in [1.165, 1.54) is 0 Å². The first kappa shape index (κ1) is 16.8. The van der Waals surface area contributed by atoms with Crippen LogP contribution < -0.4 is 10.6 Å². The Kier molecular flexibility index (Phi) is 4.53. The molecule has 3 aromatic heterocycles. The number of hydrogen-bond acceptors (Lipinski definition) is 4. The van der Waals surface area contributed by atoms with Gasteiger partial charge in [-0.25, -0.2) is 4.98 Å². The topological polar surface area (TPSA) is 82.7 Å². The van der Waals surface area contributed by atoms with Gasteiger partial charge in [0.1, 0.15) is 11.5 Å². The first-order chi connectivity index (χ1) is 13.2. The van der Waals surface area contributed by atoms with Gasteiger partial charge in [0.2, 0.25) is 0 Å². The van der Waals surface area contributed by atoms with Crippen LogP contribution in [-0.4, -0.2) is 27.9 Å². The molecule has 134 valence electrons. The minimum absolute atomic E-state index is 0.105. The number of nitrogens with one attached hydrogen (secondary N) is 3. The number of hydrogen-bond donors (Lipinski definition) is 3. The van der Waals surface area contributed by atoms with E-state index in [4.69, 9.17) is 0 Å². The standard InChI is InChI=1S/C21H19N5O/c1-22-21(27)16-6-2-5-15(10-16)18-11-19(26-20-17(18)7-9-24-20)25-13-14-4-3-8-23-12-14/h2-12H,13H2,1H3,(H,22,27)(H2,24,25,26). The lowest BCUT2D eigenvalue weighted by atomic mass is 10.0. The molecule has 0 saturated carbocycles. The predicted molar refractivity (Wildman–Crippen MR) is 106 cm³/mol. The van der Waals surface area contributed by atoms with Gasteiger partial charge >= 0.3 is 0 Å². The summed E-state index contributed by atoms with van der Waals surface area (Å²) in [5.74, 6) is 0.653. The number of nitrogens with zero attached hydrogens (tertiary/aromatic N) is 2. The maximum Gasteiger partial charge on any atom is 0.251 e. The number of aromatic amines is 1. The lowest BCUT2D eigenvalue weighted by Crippen LogP contribution is -2.17. The molecule has 4 aromatic rings. The van der Waals surface area contributed by atoms with Crippen LogP contribution in [0.25, 0.3) is 22.2 Å². The number of fused-ring (bicyclic) bond motifs is 1. The molecular weight excluding hydrogens is 338 g/mol. The van der Waals surface area contributed by atoms with Crippen LogP contribution in [-0.2, 0) is 6.54 Å². The molecule has 0 atom stereocenters. The SMILES string of the molecule is CNC(=O)c1cccc(-c2cc(NCc3cccnc3)nc3[nH]ccc23)c1. The number of pyridine rings is 2. The van der Waals surface area contributed by atoms with Crippen molar-refractivity contribution < 1.29 is 4.79 Å². The summed E-state index contributed by atoms with van der Waals surface area (Å²) in [4.78, 5) is 23.9. The molecule has 1 aromatic carbocycles. The third kappa shape index (κ3) is 3.50. The van der Waals surface area contributed by atoms with Crippen molar-refractivity contribution in [3.63, 3.8) is 0 Å². The number of rotatable bonds is 5. The summed E-state index contributed by atoms with van der Waals surface area (Å²) < 4.78 is 0. The van der Waals surface area contributed by atoms with Crippen LogP contribution in [0.5, 0.6) is 0 Å². The molecule has 3 N–H and O–H groups in total. The second-order valence-electron chi connectivity index (χ2n) is 6.17. The number of carbonyl (C=O) groups is 1. The maximum absolute atomic E-state index is 12.0. The molecule has 0 spiro atoms. The predicted octanol–water partition coefficient (Wildman–Crippen LogP) is 3.60. The Morgan fingerprint density at radius 1 is 1.15 bits per heavy atom. The van der Waals surface area contributed by atoms with E-state index >= 15 is 0 Å². The molecule has 3 heterocycles. The molecular formula is C21H19N5O. The molecule has 0 saturated heterocycles. The maximum atomic E-state index is 12.0. The second-order valence-corrected chi connectivity index (χ2v) is 6.17. The fourth-order valence-corrected chi connectivity index (χ4v) is 3.03. The van der Waals surface area contributed by atoms with E-state index in [1.807, 2.05) is 54.9 Å². The van der Waals surface area contributed by atoms with Gasteiger partial charge in [-0.05, 0) is 47.0 Å². The number of benzene rings is 1. The quantitative estimate of drug-likeness (QED) is 0.510. The van der Waals surface area contributed by atoms with Gasteiger partial charge in [0, 0.05) is 43.1 Å². The summed E-state index contributed by atoms with van der Waals surface area (Å²) in [5, 5.41) is 7.03. The zero-order chi connectivity index (χ0) is 18.6. The molecule has 0 radical (unpaired) electrons. The van der Waals surface area contributed by atoms with Crippen LogP contribution in [0.3, 0.4) is 0 Å². The molecule has 4 rings (SSSR count). The van der Waals surface area contributed by atoms with Crippen molar-refractivity contribution in [1.29, 1.82) is 0 Å². The summed E-state index contributed by atoms with van der Waals surface area (Å²) in [6.45, 7) is 0.630. The average Bonchev–Trinajstić information content (AvgIpc) is 3.20. The van der Waals surface area contributed by atoms with Crippen LogP contribution in [0.4, 0.5) is 5.82 Å². The summed E-state index contributed by atoms with van der Waals surface area (Å²) in [6, 6.07) is 15.5. The van der Waals surface area contributed by atoms with Crippen LogP contribution in [0.15, 0.2) is 67.1 Å². The van der Waals surface area contributed by atoms with Gasteiger partial charge in [0.25, 0.3) is 5.91 Å². The minimum Gasteiger partial charge on any atom is -0.366 e. The number of carbonyl (C=O) groups excluding carboxylic acids is 1. The minimum atomic E-state index is -0.105. The van der Waals surface area contributed by atoms with Crippen molar-refractivity contribution in [3.05, 3.63) is 78.2 Å². The highest BCUT2D eigenvalue weighted by Gasteiger charge is 2.11. The van der Waals surface area contributed by atoms with Gasteiger partial charge in [-0.3, -0.25) is 9.78 Å². The lowest BCUT2D eigenvalue weighted by Gasteiger charge is -2.10. The van der Waals surface area contributed by atoms with Crippen molar-refractivity contribution in [2.24, 2.45) is 0 Å². The lowest BCUT2D eigenvalue weighted by molar-refractivity contribution is 0.0963. The summed E-state index contributed by atoms with van der Waals surface area (Å²) in [6.07, 6.45) is 5.45. The van der Waals surface area contributed by atoms with Gasteiger partial charge in [0.15, 0.2) is 0 Å². The Bertz CT molecular complexity index is 1090. The second kappa shape index (κ2) is 7.29. The van der Waals surface area contributed by atoms with E-state index in [0.717, 1.165) is 33.5 Å². The van der Waals surface area contributed by atoms with E-state index < -0.39 is 0 Å². The van der Waals surface area contributed by atoms with Crippen molar-refractivity contribution in [1.82, 2.24) is 20.3 Å². The van der Waals surface area contributed by atoms with E-state index in [1.54, 1.807) is 19.3 Å². The van der Waals surface area contributed by atoms with E-state index in [2.05, 4.69) is 25.6 Å². The molecule has 1 amide bonds. The molecule has 27 heavy (non-hydrogen) atoms. The Balaban J connectivity index is 1.72. The average molecular weight is 357 g/mol. The molecule has 6 nitrogen and oxygen atoms in total. The van der Waals surface area contributed by atoms with E-state index in [-0.39, 0.29) is 5.91 Å². The number of aromatic nitrogens is 3. The first-order valence-corrected chi connectivity index (χ1v) is 8.68. The van der Waals surface area contributed by atoms with Crippen molar-refractivity contribution in [2.45, 2.75) is 6.54 Å². The smallest absolute Gasteiger partial charge is 0.251 e. The summed E-state index contributed by atoms with van der Waals surface area (Å²) in [7, 11) is 1.63. The van der Waals surface area contributed by atoms with Crippen molar-refractivity contribution >= 4 is 22.8 Å². The zero-order valence-corrected chi connectivity index (χ0v) is 14.9. The third-order valence-electron chi connectivity index (χ3n) is 4.39. The fourth-order valence-electron chi connectivity index (χ4n) is 3.03. The van der Waals surface area contributed by atoms with Gasteiger partial charge < -0.3 is 15.6 Å². The highest BCUT2D eigenvalue weighted by atomic mass is 16.1. The normalized spacial score (nSPS) is 10.7. The fraction of sp³-hybridized carbons (Fsp3) is 0.0952. The molecule has 6 heteroatoms. The first-order valence-electron chi connectivity index (χ1n) is 8.68. The van der Waals surface area contributed by atoms with Crippen LogP contribution in [0.2, 0.25) is 0 Å². The summed E-state index contributed by atoms with van der Waals surface area (Å²) >= 11 is 0. The van der Waals surface area contributed by atoms with E-state index in [9.17, 15) is 4.79 Å². The molecule has 0 bridgehead atoms. The Hall–Kier alpha value is -3.67. The highest BCUT2D eigenvalue weighted by molar-refractivity contribution is 5.98. The van der Waals surface area contributed by atoms with Gasteiger partial charge in [-0.15, -0.1) is 0 Å². The Labute approximate surface area is 156 Å². The van der Waals surface area contributed by atoms with Crippen LogP contribution in [0.1, 0.15) is 15.9 Å². The Morgan fingerprint density at radius 2 is 2.07 bits per heavy atom. The number of anilines is 1. The van der Waals surface area contributed by atoms with Crippen LogP contribution in [0, 0.1) is 0 Å². The molecule has 0 aliphatic rings. The van der Waals surface area contributed by atoms with Crippen molar-refractivity contribution in [2.75, 3.05) is 12.4 Å². The van der Waals surface area contributed by atoms with Gasteiger partial charge in [-0.2, -0.15) is 0 Å². The monoisotopic (exact) mass is 357 g/mol. The number of amides is 1. The van der Waals surface area contributed by atoms with Crippen LogP contribution >= 0.6 is 0 Å². The van der Waals surface area contributed by atoms with Gasteiger partial charge in [0.05, 0.1) is 0 Å². The molecule has 0 fully saturated rings. The molecule has 0 unspecified atom stereocenters. The molecule has 0 aliphatic carbocycles. The van der Waals surface area contributed by atoms with Crippen molar-refractivity contribution in [3.8, 4) is 11.1 Å². The highest BCUT2D eigenvalue weighted by Crippen LogP contribution is 2.30. The van der Waals surface area contributed by atoms with E-state index in [0.29, 0.717) is 12.1 Å². The summed E-state index contributed by atoms with van der Waals surface area (Å²) in [5.41, 5.74) is 4.48. The third-order valence-corrected chi connectivity index (χ3v) is 4.39. The molecule has 0 aliphatic heterocycles. The zero-order valence-electron chi connectivity index (χ0n) is 14.9. The largest absolute Gasteiger partial charge is 0.366 e. The Morgan fingerprint density at radius 3 is 2.89 bits per heavy atom. The number of H-pyrrole nitrogens is 1. The van der Waals surface area contributed by atoms with Gasteiger partial charge in [-0.1, -0.05) is 18.2 Å².